The minimum absolute atomic E-state index is 0.351. The second kappa shape index (κ2) is 2.49. The van der Waals surface area contributed by atoms with Crippen LogP contribution in [0.2, 0.25) is 0 Å². The number of fused-ring (bicyclic) bond motifs is 2. The molecule has 11 heavy (non-hydrogen) atoms. The third kappa shape index (κ3) is 1.04. The zero-order valence-corrected chi connectivity index (χ0v) is 6.95. The van der Waals surface area contributed by atoms with Crippen molar-refractivity contribution in [1.29, 1.82) is 5.26 Å². The standard InChI is InChI=1S/C9H14N2/c1-11-8-2-3-9(11)5-7(4-8)6-10/h7-9H,2-5H2,1H3/t7?,8-,9?/m1/s1. The SMILES string of the molecule is CN1C2CC[C@@H]1CC(C#N)C2. The van der Waals surface area contributed by atoms with Gasteiger partial charge in [-0.2, -0.15) is 5.26 Å². The fourth-order valence-corrected chi connectivity index (χ4v) is 2.52. The number of rotatable bonds is 0. The summed E-state index contributed by atoms with van der Waals surface area (Å²) >= 11 is 0. The number of hydrogen-bond donors (Lipinski definition) is 0. The highest BCUT2D eigenvalue weighted by Gasteiger charge is 2.38. The molecule has 2 fully saturated rings. The molecule has 2 aliphatic rings. The lowest BCUT2D eigenvalue weighted by molar-refractivity contribution is 0.154. The summed E-state index contributed by atoms with van der Waals surface area (Å²) in [5.41, 5.74) is 0. The van der Waals surface area contributed by atoms with Crippen molar-refractivity contribution < 1.29 is 0 Å². The zero-order chi connectivity index (χ0) is 7.84. The van der Waals surface area contributed by atoms with Crippen molar-refractivity contribution in [2.45, 2.75) is 37.8 Å². The molecule has 2 heterocycles. The van der Waals surface area contributed by atoms with Crippen LogP contribution in [0.5, 0.6) is 0 Å². The van der Waals surface area contributed by atoms with Crippen molar-refractivity contribution in [2.24, 2.45) is 5.92 Å². The lowest BCUT2D eigenvalue weighted by Crippen LogP contribution is -2.39. The summed E-state index contributed by atoms with van der Waals surface area (Å²) < 4.78 is 0. The van der Waals surface area contributed by atoms with Crippen molar-refractivity contribution in [2.75, 3.05) is 7.05 Å². The summed E-state index contributed by atoms with van der Waals surface area (Å²) in [5.74, 6) is 0.351. The monoisotopic (exact) mass is 150 g/mol. The fraction of sp³-hybridized carbons (Fsp3) is 0.889. The Morgan fingerprint density at radius 2 is 1.82 bits per heavy atom. The molecule has 2 nitrogen and oxygen atoms in total. The van der Waals surface area contributed by atoms with Gasteiger partial charge >= 0.3 is 0 Å². The van der Waals surface area contributed by atoms with Gasteiger partial charge in [0.25, 0.3) is 0 Å². The average Bonchev–Trinajstić information content (AvgIpc) is 2.26. The van der Waals surface area contributed by atoms with Crippen molar-refractivity contribution in [3.8, 4) is 6.07 Å². The van der Waals surface area contributed by atoms with E-state index in [9.17, 15) is 0 Å². The molecule has 2 bridgehead atoms. The van der Waals surface area contributed by atoms with Gasteiger partial charge in [-0.3, -0.25) is 0 Å². The van der Waals surface area contributed by atoms with Gasteiger partial charge in [0.2, 0.25) is 0 Å². The Labute approximate surface area is 67.8 Å². The molecule has 2 heteroatoms. The van der Waals surface area contributed by atoms with Crippen molar-refractivity contribution in [3.63, 3.8) is 0 Å². The highest BCUT2D eigenvalue weighted by atomic mass is 15.2. The summed E-state index contributed by atoms with van der Waals surface area (Å²) in [5, 5.41) is 8.77. The third-order valence-electron chi connectivity index (χ3n) is 3.28. The average molecular weight is 150 g/mol. The maximum absolute atomic E-state index is 8.77. The Hall–Kier alpha value is -0.550. The van der Waals surface area contributed by atoms with E-state index in [0.29, 0.717) is 5.92 Å². The first-order valence-corrected chi connectivity index (χ1v) is 4.43. The van der Waals surface area contributed by atoms with Gasteiger partial charge in [-0.25, -0.2) is 0 Å². The maximum atomic E-state index is 8.77. The number of nitriles is 1. The van der Waals surface area contributed by atoms with Crippen LogP contribution >= 0.6 is 0 Å². The Morgan fingerprint density at radius 1 is 1.27 bits per heavy atom. The van der Waals surface area contributed by atoms with Gasteiger partial charge in [0.1, 0.15) is 0 Å². The lowest BCUT2D eigenvalue weighted by atomic mass is 9.93. The Balaban J connectivity index is 2.09. The van der Waals surface area contributed by atoms with Crippen LogP contribution in [0.3, 0.4) is 0 Å². The van der Waals surface area contributed by atoms with Crippen molar-refractivity contribution in [1.82, 2.24) is 4.90 Å². The van der Waals surface area contributed by atoms with E-state index in [1.165, 1.54) is 12.8 Å². The minimum Gasteiger partial charge on any atom is -0.300 e. The van der Waals surface area contributed by atoms with Crippen LogP contribution in [-0.4, -0.2) is 24.0 Å². The highest BCUT2D eigenvalue weighted by molar-refractivity contribution is 4.99. The van der Waals surface area contributed by atoms with Crippen LogP contribution in [0.4, 0.5) is 0 Å². The van der Waals surface area contributed by atoms with Crippen LogP contribution in [0, 0.1) is 17.2 Å². The van der Waals surface area contributed by atoms with Crippen molar-refractivity contribution >= 4 is 0 Å². The molecule has 0 aliphatic carbocycles. The molecule has 0 radical (unpaired) electrons. The molecule has 2 aliphatic heterocycles. The van der Waals surface area contributed by atoms with Crippen LogP contribution in [0.1, 0.15) is 25.7 Å². The topological polar surface area (TPSA) is 27.0 Å². The summed E-state index contributed by atoms with van der Waals surface area (Å²) in [4.78, 5) is 2.47. The first kappa shape index (κ1) is 7.12. The van der Waals surface area contributed by atoms with E-state index >= 15 is 0 Å². The first-order chi connectivity index (χ1) is 5.31. The quantitative estimate of drug-likeness (QED) is 0.521. The molecule has 0 amide bonds. The lowest BCUT2D eigenvalue weighted by Gasteiger charge is -2.33. The normalized spacial score (nSPS) is 43.8. The van der Waals surface area contributed by atoms with Gasteiger partial charge < -0.3 is 4.90 Å². The van der Waals surface area contributed by atoms with Gasteiger partial charge in [-0.1, -0.05) is 0 Å². The molecule has 0 spiro atoms. The highest BCUT2D eigenvalue weighted by Crippen LogP contribution is 2.36. The van der Waals surface area contributed by atoms with E-state index in [-0.39, 0.29) is 0 Å². The molecule has 0 saturated carbocycles. The molecule has 2 unspecified atom stereocenters. The van der Waals surface area contributed by atoms with E-state index < -0.39 is 0 Å². The molecule has 0 aromatic rings. The second-order valence-electron chi connectivity index (χ2n) is 3.85. The van der Waals surface area contributed by atoms with E-state index in [1.54, 1.807) is 0 Å². The van der Waals surface area contributed by atoms with Crippen LogP contribution in [0.25, 0.3) is 0 Å². The molecule has 2 saturated heterocycles. The summed E-state index contributed by atoms with van der Waals surface area (Å²) in [6.45, 7) is 0. The number of hydrogen-bond acceptors (Lipinski definition) is 2. The van der Waals surface area contributed by atoms with E-state index in [0.717, 1.165) is 24.9 Å². The third-order valence-corrected chi connectivity index (χ3v) is 3.28. The minimum atomic E-state index is 0.351. The summed E-state index contributed by atoms with van der Waals surface area (Å²) in [6.07, 6.45) is 4.87. The predicted molar refractivity (Wildman–Crippen MR) is 42.9 cm³/mol. The Bertz CT molecular complexity index is 180. The molecule has 0 aromatic heterocycles. The van der Waals surface area contributed by atoms with Crippen LogP contribution < -0.4 is 0 Å². The molecular formula is C9H14N2. The molecule has 60 valence electrons. The van der Waals surface area contributed by atoms with Crippen molar-refractivity contribution in [3.05, 3.63) is 0 Å². The zero-order valence-electron chi connectivity index (χ0n) is 6.95. The Kier molecular flexibility index (Phi) is 1.61. The Morgan fingerprint density at radius 3 is 2.27 bits per heavy atom. The van der Waals surface area contributed by atoms with Crippen LogP contribution in [-0.2, 0) is 0 Å². The van der Waals surface area contributed by atoms with Gasteiger partial charge in [0.15, 0.2) is 0 Å². The van der Waals surface area contributed by atoms with Gasteiger partial charge in [-0.05, 0) is 32.7 Å². The summed E-state index contributed by atoms with van der Waals surface area (Å²) in [7, 11) is 2.20. The molecule has 2 rings (SSSR count). The smallest absolute Gasteiger partial charge is 0.0657 e. The predicted octanol–water partition coefficient (Wildman–Crippen LogP) is 1.38. The second-order valence-corrected chi connectivity index (χ2v) is 3.85. The molecule has 3 atom stereocenters. The summed E-state index contributed by atoms with van der Waals surface area (Å²) in [6, 6.07) is 3.84. The molecule has 0 N–H and O–H groups in total. The number of nitrogens with zero attached hydrogens (tertiary/aromatic N) is 2. The van der Waals surface area contributed by atoms with E-state index in [2.05, 4.69) is 18.0 Å². The van der Waals surface area contributed by atoms with Crippen LogP contribution in [0.15, 0.2) is 0 Å². The van der Waals surface area contributed by atoms with E-state index in [4.69, 9.17) is 5.26 Å². The molecule has 0 aromatic carbocycles. The van der Waals surface area contributed by atoms with Gasteiger partial charge in [-0.15, -0.1) is 0 Å². The number of piperidine rings is 1. The van der Waals surface area contributed by atoms with Gasteiger partial charge in [0.05, 0.1) is 6.07 Å². The maximum Gasteiger partial charge on any atom is 0.0657 e. The largest absolute Gasteiger partial charge is 0.300 e. The molecular weight excluding hydrogens is 136 g/mol. The van der Waals surface area contributed by atoms with E-state index in [1.807, 2.05) is 0 Å². The van der Waals surface area contributed by atoms with Gasteiger partial charge in [0, 0.05) is 18.0 Å². The first-order valence-electron chi connectivity index (χ1n) is 4.43. The fourth-order valence-electron chi connectivity index (χ4n) is 2.52.